The summed E-state index contributed by atoms with van der Waals surface area (Å²) in [4.78, 5) is 2.43. The summed E-state index contributed by atoms with van der Waals surface area (Å²) in [5, 5.41) is 0. The molecule has 3 saturated carbocycles. The molecule has 8 heteroatoms. The van der Waals surface area contributed by atoms with E-state index in [1.165, 1.54) is 141 Å². The first kappa shape index (κ1) is 58.8. The van der Waals surface area contributed by atoms with Gasteiger partial charge in [-0.1, -0.05) is 135 Å². The molecule has 0 bridgehead atoms. The van der Waals surface area contributed by atoms with E-state index in [-0.39, 0.29) is 11.6 Å². The van der Waals surface area contributed by atoms with Gasteiger partial charge in [-0.05, 0) is 149 Å². The zero-order valence-corrected chi connectivity index (χ0v) is 46.0. The highest BCUT2D eigenvalue weighted by molar-refractivity contribution is 5.28. The van der Waals surface area contributed by atoms with Crippen LogP contribution in [0.3, 0.4) is 0 Å². The van der Waals surface area contributed by atoms with Gasteiger partial charge in [-0.2, -0.15) is 0 Å². The second kappa shape index (κ2) is 33.0. The summed E-state index contributed by atoms with van der Waals surface area (Å²) in [5.74, 6) is 4.60. The van der Waals surface area contributed by atoms with E-state index in [1.54, 1.807) is 5.57 Å². The van der Waals surface area contributed by atoms with Gasteiger partial charge in [-0.15, -0.1) is 0 Å². The van der Waals surface area contributed by atoms with Crippen molar-refractivity contribution in [1.29, 1.82) is 0 Å². The van der Waals surface area contributed by atoms with E-state index in [2.05, 4.69) is 76.8 Å². The van der Waals surface area contributed by atoms with Crippen molar-refractivity contribution in [2.24, 2.45) is 52.1 Å². The van der Waals surface area contributed by atoms with Crippen molar-refractivity contribution in [2.75, 3.05) is 92.3 Å². The van der Waals surface area contributed by atoms with Crippen LogP contribution in [0, 0.1) is 46.3 Å². The number of hydrogen-bond donors (Lipinski definition) is 1. The van der Waals surface area contributed by atoms with Gasteiger partial charge in [-0.3, -0.25) is 4.90 Å². The highest BCUT2D eigenvalue weighted by Gasteiger charge is 2.65. The van der Waals surface area contributed by atoms with Crippen molar-refractivity contribution >= 4 is 0 Å². The van der Waals surface area contributed by atoms with Crippen LogP contribution >= 0.6 is 0 Å². The fourth-order valence-electron chi connectivity index (χ4n) is 14.0. The molecule has 2 N–H and O–H groups in total. The van der Waals surface area contributed by atoms with Gasteiger partial charge in [0.2, 0.25) is 0 Å². The lowest BCUT2D eigenvalue weighted by Crippen LogP contribution is -2.65. The Morgan fingerprint density at radius 1 is 0.696 bits per heavy atom. The zero-order chi connectivity index (χ0) is 49.1. The van der Waals surface area contributed by atoms with E-state index in [9.17, 15) is 0 Å². The topological polar surface area (TPSA) is 84.6 Å². The Morgan fingerprint density at radius 3 is 2.09 bits per heavy atom. The Balaban J connectivity index is 0.848. The first-order valence-corrected chi connectivity index (χ1v) is 29.6. The molecule has 1 aliphatic heterocycles. The van der Waals surface area contributed by atoms with Crippen molar-refractivity contribution in [3.05, 3.63) is 36.0 Å². The molecule has 1 saturated heterocycles. The fraction of sp³-hybridized carbons (Fsp3) is 0.902. The summed E-state index contributed by atoms with van der Waals surface area (Å²) in [6.45, 7) is 25.0. The molecule has 69 heavy (non-hydrogen) atoms. The summed E-state index contributed by atoms with van der Waals surface area (Å²) in [6, 6.07) is 0. The number of nitrogens with two attached hydrogens (primary N) is 1. The van der Waals surface area contributed by atoms with Crippen LogP contribution in [0.5, 0.6) is 0 Å². The van der Waals surface area contributed by atoms with Gasteiger partial charge >= 0.3 is 0 Å². The minimum Gasteiger partial charge on any atom is -0.379 e. The van der Waals surface area contributed by atoms with E-state index in [0.29, 0.717) is 63.0 Å². The number of allylic oxidation sites excluding steroid dienone is 6. The van der Waals surface area contributed by atoms with E-state index in [4.69, 9.17) is 34.2 Å². The van der Waals surface area contributed by atoms with Crippen LogP contribution in [-0.2, 0) is 28.4 Å². The van der Waals surface area contributed by atoms with E-state index in [0.717, 1.165) is 94.9 Å². The van der Waals surface area contributed by atoms with Crippen LogP contribution in [-0.4, -0.2) is 109 Å². The SMILES string of the molecule is CCCCC/C=C\C/C=C\CCCCCCCCOCC(CN1CCOCC1)OCCOCCOCCOCCC[C@H]1CC[C@@]2(C)C(=CC[C@@H]3[C@@H]2CC[C@]2(C)[C@@H]([C@H](C)CCCC(C)C)CC[C@@]32N)C1. The molecule has 1 heterocycles. The predicted octanol–water partition coefficient (Wildman–Crippen LogP) is 14.1. The van der Waals surface area contributed by atoms with E-state index < -0.39 is 0 Å². The highest BCUT2D eigenvalue weighted by Crippen LogP contribution is 2.68. The van der Waals surface area contributed by atoms with Crippen molar-refractivity contribution in [3.63, 3.8) is 0 Å². The zero-order valence-electron chi connectivity index (χ0n) is 46.0. The molecule has 5 aliphatic rings. The molecule has 8 nitrogen and oxygen atoms in total. The van der Waals surface area contributed by atoms with Crippen molar-refractivity contribution < 1.29 is 28.4 Å². The number of fused-ring (bicyclic) bond motifs is 5. The maximum Gasteiger partial charge on any atom is 0.0936 e. The Hall–Kier alpha value is -1.10. The van der Waals surface area contributed by atoms with Gasteiger partial charge in [-0.25, -0.2) is 0 Å². The molecule has 0 spiro atoms. The average molecular weight is 968 g/mol. The molecular weight excluding hydrogens is 857 g/mol. The molecule has 0 aromatic rings. The lowest BCUT2D eigenvalue weighted by Gasteiger charge is -2.62. The van der Waals surface area contributed by atoms with Crippen molar-refractivity contribution in [3.8, 4) is 0 Å². The third-order valence-corrected chi connectivity index (χ3v) is 18.3. The summed E-state index contributed by atoms with van der Waals surface area (Å²) < 4.78 is 35.8. The third-order valence-electron chi connectivity index (χ3n) is 18.3. The fourth-order valence-corrected chi connectivity index (χ4v) is 14.0. The van der Waals surface area contributed by atoms with Gasteiger partial charge in [0.15, 0.2) is 0 Å². The first-order chi connectivity index (χ1) is 33.6. The van der Waals surface area contributed by atoms with Crippen LogP contribution in [0.25, 0.3) is 0 Å². The molecule has 5 rings (SSSR count). The Morgan fingerprint density at radius 2 is 1.36 bits per heavy atom. The van der Waals surface area contributed by atoms with Gasteiger partial charge in [0.1, 0.15) is 0 Å². The summed E-state index contributed by atoms with van der Waals surface area (Å²) in [6.07, 6.45) is 44.3. The number of rotatable bonds is 38. The number of ether oxygens (including phenoxy) is 6. The minimum absolute atomic E-state index is 0.00386. The standard InChI is InChI=1S/C61H110N2O6/c1-7-8-9-10-11-12-13-14-15-16-17-18-19-20-21-22-38-68-50-55(49-63-36-40-65-41-37-63)69-47-46-67-45-44-66-43-42-64-39-24-27-53-30-33-59(5)54(48-53)28-29-58-57(59)31-34-60(6)56(32-35-61(58,60)62)52(4)26-23-25-51(2)3/h11-12,14-15,28,51-53,55-58H,7-10,13,16-27,29-50,62H2,1-6H3/b12-11-,15-14-/t52-,53+,55?,56-,57+,58-,59+,60-,61-/m1/s1. The number of hydrogen-bond acceptors (Lipinski definition) is 8. The van der Waals surface area contributed by atoms with Gasteiger partial charge in [0.05, 0.1) is 65.6 Å². The Kier molecular flexibility index (Phi) is 28.1. The lowest BCUT2D eigenvalue weighted by molar-refractivity contribution is -0.0704. The summed E-state index contributed by atoms with van der Waals surface area (Å²) in [5.41, 5.74) is 10.2. The van der Waals surface area contributed by atoms with Crippen LogP contribution in [0.4, 0.5) is 0 Å². The molecule has 0 aromatic carbocycles. The number of morpholine rings is 1. The molecule has 0 amide bonds. The molecule has 4 aliphatic carbocycles. The predicted molar refractivity (Wildman–Crippen MR) is 289 cm³/mol. The third kappa shape index (κ3) is 19.3. The normalized spacial score (nSPS) is 29.4. The maximum absolute atomic E-state index is 7.73. The molecule has 400 valence electrons. The van der Waals surface area contributed by atoms with Gasteiger partial charge in [0.25, 0.3) is 0 Å². The Bertz CT molecular complexity index is 1430. The van der Waals surface area contributed by atoms with E-state index in [1.807, 2.05) is 0 Å². The van der Waals surface area contributed by atoms with Crippen molar-refractivity contribution in [2.45, 2.75) is 214 Å². The van der Waals surface area contributed by atoms with Gasteiger partial charge in [0, 0.05) is 38.4 Å². The quantitative estimate of drug-likeness (QED) is 0.0484. The minimum atomic E-state index is 0.00386. The number of nitrogens with zero attached hydrogens (tertiary/aromatic N) is 1. The van der Waals surface area contributed by atoms with Crippen molar-refractivity contribution in [1.82, 2.24) is 4.90 Å². The Labute approximate surface area is 425 Å². The molecular formula is C61H110N2O6. The molecule has 1 unspecified atom stereocenters. The molecule has 9 atom stereocenters. The molecule has 0 radical (unpaired) electrons. The van der Waals surface area contributed by atoms with Crippen LogP contribution in [0.2, 0.25) is 0 Å². The van der Waals surface area contributed by atoms with E-state index >= 15 is 0 Å². The second-order valence-corrected chi connectivity index (χ2v) is 23.7. The van der Waals surface area contributed by atoms with Crippen LogP contribution in [0.1, 0.15) is 202 Å². The smallest absolute Gasteiger partial charge is 0.0936 e. The first-order valence-electron chi connectivity index (χ1n) is 29.6. The second-order valence-electron chi connectivity index (χ2n) is 23.7. The van der Waals surface area contributed by atoms with Crippen LogP contribution < -0.4 is 5.73 Å². The van der Waals surface area contributed by atoms with Gasteiger partial charge < -0.3 is 34.2 Å². The summed E-state index contributed by atoms with van der Waals surface area (Å²) >= 11 is 0. The largest absolute Gasteiger partial charge is 0.379 e. The number of unbranched alkanes of at least 4 members (excludes halogenated alkanes) is 9. The highest BCUT2D eigenvalue weighted by atomic mass is 16.6. The lowest BCUT2D eigenvalue weighted by atomic mass is 9.44. The maximum atomic E-state index is 7.73. The monoisotopic (exact) mass is 967 g/mol. The molecule has 0 aromatic heterocycles. The summed E-state index contributed by atoms with van der Waals surface area (Å²) in [7, 11) is 0. The average Bonchev–Trinajstić information content (AvgIpc) is 3.63. The van der Waals surface area contributed by atoms with Crippen LogP contribution in [0.15, 0.2) is 36.0 Å². The molecule has 4 fully saturated rings.